The van der Waals surface area contributed by atoms with Crippen LogP contribution in [-0.2, 0) is 14.4 Å². The van der Waals surface area contributed by atoms with Crippen molar-refractivity contribution in [1.82, 2.24) is 0 Å². The van der Waals surface area contributed by atoms with Crippen LogP contribution in [0.25, 0.3) is 0 Å². The SMILES string of the molecule is CC(=O)O.O=C(Cl)CCCCCCCCC(=O)Cl. The van der Waals surface area contributed by atoms with Crippen molar-refractivity contribution >= 4 is 39.7 Å². The first-order valence-corrected chi connectivity index (χ1v) is 6.68. The van der Waals surface area contributed by atoms with E-state index in [9.17, 15) is 9.59 Å². The van der Waals surface area contributed by atoms with Gasteiger partial charge in [-0.1, -0.05) is 25.7 Å². The van der Waals surface area contributed by atoms with Crippen molar-refractivity contribution in [3.63, 3.8) is 0 Å². The molecule has 0 saturated carbocycles. The molecule has 106 valence electrons. The predicted octanol–water partition coefficient (Wildman–Crippen LogP) is 3.73. The number of carbonyl (C=O) groups excluding carboxylic acids is 2. The molecule has 0 spiro atoms. The summed E-state index contributed by atoms with van der Waals surface area (Å²) in [5.74, 6) is -0.833. The number of halogens is 2. The van der Waals surface area contributed by atoms with Gasteiger partial charge in [0.2, 0.25) is 10.5 Å². The van der Waals surface area contributed by atoms with Crippen LogP contribution in [0.3, 0.4) is 0 Å². The maximum Gasteiger partial charge on any atom is 0.300 e. The molecule has 0 amide bonds. The van der Waals surface area contributed by atoms with E-state index >= 15 is 0 Å². The molecular formula is C12H20Cl2O4. The van der Waals surface area contributed by atoms with Crippen LogP contribution in [0.1, 0.15) is 58.3 Å². The first-order chi connectivity index (χ1) is 8.36. The zero-order valence-corrected chi connectivity index (χ0v) is 12.1. The largest absolute Gasteiger partial charge is 0.481 e. The second kappa shape index (κ2) is 14.5. The summed E-state index contributed by atoms with van der Waals surface area (Å²) in [5, 5.41) is 6.91. The molecule has 0 heterocycles. The van der Waals surface area contributed by atoms with Crippen molar-refractivity contribution in [1.29, 1.82) is 0 Å². The van der Waals surface area contributed by atoms with E-state index < -0.39 is 5.97 Å². The monoisotopic (exact) mass is 298 g/mol. The van der Waals surface area contributed by atoms with E-state index in [-0.39, 0.29) is 10.5 Å². The number of hydrogen-bond acceptors (Lipinski definition) is 3. The molecule has 6 heteroatoms. The van der Waals surface area contributed by atoms with Crippen LogP contribution >= 0.6 is 23.2 Å². The highest BCUT2D eigenvalue weighted by molar-refractivity contribution is 6.63. The van der Waals surface area contributed by atoms with Gasteiger partial charge in [0.15, 0.2) is 0 Å². The van der Waals surface area contributed by atoms with E-state index in [4.69, 9.17) is 33.1 Å². The highest BCUT2D eigenvalue weighted by atomic mass is 35.5. The standard InChI is InChI=1S/C10H16Cl2O2.C2H4O2/c11-9(13)7-5-3-1-2-4-6-8-10(12)14;1-2(3)4/h1-8H2;1H3,(H,3,4). The molecular weight excluding hydrogens is 279 g/mol. The molecule has 0 aliphatic rings. The third-order valence-electron chi connectivity index (χ3n) is 2.00. The maximum atomic E-state index is 10.4. The Morgan fingerprint density at radius 1 is 0.778 bits per heavy atom. The number of carbonyl (C=O) groups is 3. The molecule has 0 aromatic heterocycles. The van der Waals surface area contributed by atoms with Crippen molar-refractivity contribution in [2.24, 2.45) is 0 Å². The lowest BCUT2D eigenvalue weighted by molar-refractivity contribution is -0.134. The lowest BCUT2D eigenvalue weighted by Gasteiger charge is -1.98. The van der Waals surface area contributed by atoms with Crippen LogP contribution in [0.15, 0.2) is 0 Å². The molecule has 0 bridgehead atoms. The Kier molecular flexibility index (Phi) is 15.8. The van der Waals surface area contributed by atoms with Gasteiger partial charge in [-0.15, -0.1) is 0 Å². The minimum absolute atomic E-state index is 0.252. The van der Waals surface area contributed by atoms with Crippen LogP contribution in [0.5, 0.6) is 0 Å². The van der Waals surface area contributed by atoms with Crippen molar-refractivity contribution in [2.45, 2.75) is 58.3 Å². The number of carboxylic acid groups (broad SMARTS) is 1. The van der Waals surface area contributed by atoms with E-state index in [1.807, 2.05) is 0 Å². The first-order valence-electron chi connectivity index (χ1n) is 5.92. The van der Waals surface area contributed by atoms with Crippen molar-refractivity contribution in [2.75, 3.05) is 0 Å². The molecule has 0 aliphatic heterocycles. The van der Waals surface area contributed by atoms with E-state index in [0.717, 1.165) is 45.4 Å². The summed E-state index contributed by atoms with van der Waals surface area (Å²) in [5.41, 5.74) is 0. The van der Waals surface area contributed by atoms with Gasteiger partial charge in [-0.3, -0.25) is 14.4 Å². The number of carboxylic acids is 1. The summed E-state index contributed by atoms with van der Waals surface area (Å²) in [6.07, 6.45) is 6.96. The van der Waals surface area contributed by atoms with Crippen molar-refractivity contribution < 1.29 is 19.5 Å². The smallest absolute Gasteiger partial charge is 0.300 e. The third kappa shape index (κ3) is 29.5. The van der Waals surface area contributed by atoms with Crippen LogP contribution in [0.2, 0.25) is 0 Å². The Labute approximate surface area is 118 Å². The fraction of sp³-hybridized carbons (Fsp3) is 0.750. The quantitative estimate of drug-likeness (QED) is 0.520. The molecule has 0 aromatic rings. The lowest BCUT2D eigenvalue weighted by atomic mass is 10.1. The van der Waals surface area contributed by atoms with Gasteiger partial charge in [-0.25, -0.2) is 0 Å². The van der Waals surface area contributed by atoms with Crippen LogP contribution < -0.4 is 0 Å². The van der Waals surface area contributed by atoms with Gasteiger partial charge in [-0.05, 0) is 36.0 Å². The van der Waals surface area contributed by atoms with Gasteiger partial charge in [-0.2, -0.15) is 0 Å². The first kappa shape index (κ1) is 19.7. The highest BCUT2D eigenvalue weighted by Crippen LogP contribution is 2.09. The van der Waals surface area contributed by atoms with Crippen LogP contribution in [0.4, 0.5) is 0 Å². The minimum atomic E-state index is -0.833. The average Bonchev–Trinajstić information content (AvgIpc) is 2.20. The predicted molar refractivity (Wildman–Crippen MR) is 72.0 cm³/mol. The second-order valence-corrected chi connectivity index (χ2v) is 4.69. The summed E-state index contributed by atoms with van der Waals surface area (Å²) >= 11 is 10.4. The van der Waals surface area contributed by atoms with Gasteiger partial charge in [0.1, 0.15) is 0 Å². The molecule has 0 aliphatic carbocycles. The summed E-state index contributed by atoms with van der Waals surface area (Å²) in [7, 11) is 0. The van der Waals surface area contributed by atoms with Gasteiger partial charge in [0.05, 0.1) is 0 Å². The summed E-state index contributed by atoms with van der Waals surface area (Å²) in [6, 6.07) is 0. The topological polar surface area (TPSA) is 71.4 Å². The second-order valence-electron chi connectivity index (χ2n) is 3.85. The third-order valence-corrected chi connectivity index (χ3v) is 2.37. The van der Waals surface area contributed by atoms with Crippen LogP contribution in [-0.4, -0.2) is 21.6 Å². The van der Waals surface area contributed by atoms with E-state index in [0.29, 0.717) is 12.8 Å². The zero-order valence-electron chi connectivity index (χ0n) is 10.6. The van der Waals surface area contributed by atoms with Crippen molar-refractivity contribution in [3.05, 3.63) is 0 Å². The molecule has 0 saturated heterocycles. The summed E-state index contributed by atoms with van der Waals surface area (Å²) in [6.45, 7) is 1.08. The van der Waals surface area contributed by atoms with E-state index in [1.165, 1.54) is 0 Å². The van der Waals surface area contributed by atoms with Crippen molar-refractivity contribution in [3.8, 4) is 0 Å². The molecule has 0 atom stereocenters. The summed E-state index contributed by atoms with van der Waals surface area (Å²) < 4.78 is 0. The van der Waals surface area contributed by atoms with Gasteiger partial charge < -0.3 is 5.11 Å². The number of unbranched alkanes of at least 4 members (excludes halogenated alkanes) is 5. The van der Waals surface area contributed by atoms with Gasteiger partial charge in [0, 0.05) is 19.8 Å². The molecule has 0 aromatic carbocycles. The normalized spacial score (nSPS) is 9.28. The Morgan fingerprint density at radius 2 is 1.00 bits per heavy atom. The lowest BCUT2D eigenvalue weighted by Crippen LogP contribution is -1.88. The number of hydrogen-bond donors (Lipinski definition) is 1. The Balaban J connectivity index is 0. The van der Waals surface area contributed by atoms with E-state index in [1.54, 1.807) is 0 Å². The molecule has 0 unspecified atom stereocenters. The number of aliphatic carboxylic acids is 1. The Morgan fingerprint density at radius 3 is 1.22 bits per heavy atom. The fourth-order valence-electron chi connectivity index (χ4n) is 1.24. The minimum Gasteiger partial charge on any atom is -0.481 e. The number of rotatable bonds is 9. The van der Waals surface area contributed by atoms with Gasteiger partial charge in [0.25, 0.3) is 5.97 Å². The molecule has 1 N–H and O–H groups in total. The maximum absolute atomic E-state index is 10.4. The molecule has 4 nitrogen and oxygen atoms in total. The molecule has 0 rings (SSSR count). The zero-order chi connectivity index (χ0) is 14.4. The van der Waals surface area contributed by atoms with Gasteiger partial charge >= 0.3 is 0 Å². The molecule has 18 heavy (non-hydrogen) atoms. The summed E-state index contributed by atoms with van der Waals surface area (Å²) in [4.78, 5) is 29.7. The average molecular weight is 299 g/mol. The fourth-order valence-corrected chi connectivity index (χ4v) is 1.50. The Bertz CT molecular complexity index is 230. The molecule has 0 fully saturated rings. The van der Waals surface area contributed by atoms with E-state index in [2.05, 4.69) is 0 Å². The molecule has 0 radical (unpaired) electrons. The van der Waals surface area contributed by atoms with Crippen LogP contribution in [0, 0.1) is 0 Å². The highest BCUT2D eigenvalue weighted by Gasteiger charge is 1.97. The Hall–Kier alpha value is -0.610.